The van der Waals surface area contributed by atoms with Gasteiger partial charge in [-0.2, -0.15) is 13.2 Å². The van der Waals surface area contributed by atoms with Crippen molar-refractivity contribution in [2.24, 2.45) is 0 Å². The molecule has 1 aromatic heterocycles. The first-order chi connectivity index (χ1) is 12.2. The van der Waals surface area contributed by atoms with Crippen molar-refractivity contribution in [1.82, 2.24) is 4.98 Å². The molecule has 0 atom stereocenters. The van der Waals surface area contributed by atoms with E-state index in [1.165, 1.54) is 12.1 Å². The Hall–Kier alpha value is -2.51. The van der Waals surface area contributed by atoms with E-state index in [-0.39, 0.29) is 29.2 Å². The molecule has 0 spiro atoms. The Kier molecular flexibility index (Phi) is 4.46. The van der Waals surface area contributed by atoms with Crippen LogP contribution in [0.2, 0.25) is 0 Å². The standard InChI is InChI=1S/C18H13F6NO/c1-10(18(22,23)24)14-6-13-16(26-9-17(13,7-19)8-20)15(25-14)11-2-4-12(21)5-3-11/h2-6H,1,7-9H2. The first-order valence-electron chi connectivity index (χ1n) is 7.54. The fraction of sp³-hybridized carbons (Fsp3) is 0.278. The predicted octanol–water partition coefficient (Wildman–Crippen LogP) is 5.03. The third kappa shape index (κ3) is 2.93. The van der Waals surface area contributed by atoms with Crippen molar-refractivity contribution in [3.05, 3.63) is 54.0 Å². The molecule has 8 heteroatoms. The lowest BCUT2D eigenvalue weighted by Crippen LogP contribution is -2.33. The molecule has 0 unspecified atom stereocenters. The van der Waals surface area contributed by atoms with Crippen molar-refractivity contribution in [2.45, 2.75) is 11.6 Å². The number of hydrogen-bond acceptors (Lipinski definition) is 2. The van der Waals surface area contributed by atoms with Gasteiger partial charge in [0.1, 0.15) is 37.2 Å². The van der Waals surface area contributed by atoms with Crippen molar-refractivity contribution in [2.75, 3.05) is 20.0 Å². The van der Waals surface area contributed by atoms with E-state index in [4.69, 9.17) is 4.74 Å². The van der Waals surface area contributed by atoms with Crippen LogP contribution in [0, 0.1) is 5.82 Å². The van der Waals surface area contributed by atoms with Crippen LogP contribution >= 0.6 is 0 Å². The van der Waals surface area contributed by atoms with Crippen LogP contribution in [0.1, 0.15) is 11.3 Å². The second-order valence-electron chi connectivity index (χ2n) is 6.05. The van der Waals surface area contributed by atoms with E-state index in [0.29, 0.717) is 0 Å². The number of fused-ring (bicyclic) bond motifs is 1. The third-order valence-electron chi connectivity index (χ3n) is 4.32. The molecule has 0 fully saturated rings. The summed E-state index contributed by atoms with van der Waals surface area (Å²) in [5.41, 5.74) is -3.35. The highest BCUT2D eigenvalue weighted by atomic mass is 19.4. The monoisotopic (exact) mass is 373 g/mol. The summed E-state index contributed by atoms with van der Waals surface area (Å²) in [5.74, 6) is -0.560. The van der Waals surface area contributed by atoms with Crippen LogP contribution in [-0.4, -0.2) is 31.1 Å². The van der Waals surface area contributed by atoms with E-state index in [0.717, 1.165) is 18.2 Å². The quantitative estimate of drug-likeness (QED) is 0.701. The fourth-order valence-electron chi connectivity index (χ4n) is 2.72. The normalized spacial score (nSPS) is 15.5. The van der Waals surface area contributed by atoms with Crippen LogP contribution in [0.15, 0.2) is 36.9 Å². The molecule has 2 aromatic rings. The third-order valence-corrected chi connectivity index (χ3v) is 4.32. The number of halogens is 6. The van der Waals surface area contributed by atoms with Gasteiger partial charge in [0.05, 0.1) is 16.7 Å². The number of aromatic nitrogens is 1. The summed E-state index contributed by atoms with van der Waals surface area (Å²) >= 11 is 0. The summed E-state index contributed by atoms with van der Waals surface area (Å²) in [6, 6.07) is 5.76. The topological polar surface area (TPSA) is 22.1 Å². The molecule has 1 aliphatic rings. The average Bonchev–Trinajstić information content (AvgIpc) is 2.99. The van der Waals surface area contributed by atoms with E-state index < -0.39 is 42.0 Å². The smallest absolute Gasteiger partial charge is 0.417 e. The Morgan fingerprint density at radius 2 is 1.77 bits per heavy atom. The predicted molar refractivity (Wildman–Crippen MR) is 83.8 cm³/mol. The highest BCUT2D eigenvalue weighted by molar-refractivity contribution is 5.75. The summed E-state index contributed by atoms with van der Waals surface area (Å²) in [6.07, 6.45) is -4.77. The molecule has 0 aliphatic carbocycles. The van der Waals surface area contributed by atoms with Gasteiger partial charge in [-0.3, -0.25) is 0 Å². The van der Waals surface area contributed by atoms with Crippen LogP contribution in [0.25, 0.3) is 16.8 Å². The molecule has 0 saturated carbocycles. The molecule has 0 radical (unpaired) electrons. The summed E-state index contributed by atoms with van der Waals surface area (Å²) in [5, 5.41) is 0. The van der Waals surface area contributed by atoms with Crippen LogP contribution < -0.4 is 4.74 Å². The maximum atomic E-state index is 13.6. The fourth-order valence-corrected chi connectivity index (χ4v) is 2.72. The number of benzene rings is 1. The van der Waals surface area contributed by atoms with E-state index in [1.807, 2.05) is 0 Å². The van der Waals surface area contributed by atoms with Crippen molar-refractivity contribution in [1.29, 1.82) is 0 Å². The first-order valence-corrected chi connectivity index (χ1v) is 7.54. The Balaban J connectivity index is 2.26. The van der Waals surface area contributed by atoms with Crippen LogP contribution in [0.3, 0.4) is 0 Å². The van der Waals surface area contributed by atoms with Gasteiger partial charge in [-0.15, -0.1) is 0 Å². The van der Waals surface area contributed by atoms with Gasteiger partial charge < -0.3 is 4.74 Å². The van der Waals surface area contributed by atoms with Gasteiger partial charge in [-0.1, -0.05) is 6.58 Å². The van der Waals surface area contributed by atoms with Gasteiger partial charge in [-0.05, 0) is 30.3 Å². The van der Waals surface area contributed by atoms with E-state index in [2.05, 4.69) is 11.6 Å². The Labute approximate surface area is 145 Å². The van der Waals surface area contributed by atoms with Crippen molar-refractivity contribution < 1.29 is 31.1 Å². The number of alkyl halides is 5. The molecule has 0 N–H and O–H groups in total. The zero-order chi connectivity index (χ0) is 19.1. The summed E-state index contributed by atoms with van der Waals surface area (Å²) < 4.78 is 84.8. The summed E-state index contributed by atoms with van der Waals surface area (Å²) in [4.78, 5) is 3.93. The number of nitrogens with zero attached hydrogens (tertiary/aromatic N) is 1. The number of pyridine rings is 1. The minimum Gasteiger partial charge on any atom is -0.490 e. The molecule has 26 heavy (non-hydrogen) atoms. The zero-order valence-corrected chi connectivity index (χ0v) is 13.3. The molecule has 2 heterocycles. The van der Waals surface area contributed by atoms with E-state index in [9.17, 15) is 26.3 Å². The van der Waals surface area contributed by atoms with Crippen LogP contribution in [0.4, 0.5) is 26.3 Å². The molecule has 0 saturated heterocycles. The highest BCUT2D eigenvalue weighted by Gasteiger charge is 2.45. The molecular weight excluding hydrogens is 360 g/mol. The molecule has 0 amide bonds. The molecule has 3 rings (SSSR count). The first kappa shape index (κ1) is 18.3. The van der Waals surface area contributed by atoms with Crippen molar-refractivity contribution in [3.63, 3.8) is 0 Å². The SMILES string of the molecule is C=C(c1cc2c(c(-c3ccc(F)cc3)n1)OCC2(CF)CF)C(F)(F)F. The van der Waals surface area contributed by atoms with E-state index >= 15 is 0 Å². The minimum absolute atomic E-state index is 0.00867. The Morgan fingerprint density at radius 3 is 2.31 bits per heavy atom. The number of ether oxygens (including phenoxy) is 1. The average molecular weight is 373 g/mol. The lowest BCUT2D eigenvalue weighted by Gasteiger charge is -2.21. The van der Waals surface area contributed by atoms with E-state index in [1.54, 1.807) is 0 Å². The summed E-state index contributed by atoms with van der Waals surface area (Å²) in [7, 11) is 0. The maximum Gasteiger partial charge on any atom is 0.417 e. The molecule has 1 aliphatic heterocycles. The number of allylic oxidation sites excluding steroid dienone is 1. The highest BCUT2D eigenvalue weighted by Crippen LogP contribution is 2.46. The summed E-state index contributed by atoms with van der Waals surface area (Å²) in [6.45, 7) is 0.323. The molecular formula is C18H13F6NO. The van der Waals surface area contributed by atoms with Crippen LogP contribution in [0.5, 0.6) is 5.75 Å². The second kappa shape index (κ2) is 6.34. The zero-order valence-electron chi connectivity index (χ0n) is 13.3. The van der Waals surface area contributed by atoms with Gasteiger partial charge in [0.25, 0.3) is 0 Å². The Morgan fingerprint density at radius 1 is 1.15 bits per heavy atom. The number of rotatable bonds is 4. The van der Waals surface area contributed by atoms with Gasteiger partial charge in [0.2, 0.25) is 0 Å². The maximum absolute atomic E-state index is 13.6. The van der Waals surface area contributed by atoms with Gasteiger partial charge in [-0.25, -0.2) is 18.2 Å². The number of hydrogen-bond donors (Lipinski definition) is 0. The largest absolute Gasteiger partial charge is 0.490 e. The van der Waals surface area contributed by atoms with Crippen molar-refractivity contribution >= 4 is 5.57 Å². The van der Waals surface area contributed by atoms with Gasteiger partial charge >= 0.3 is 6.18 Å². The second-order valence-corrected chi connectivity index (χ2v) is 6.05. The van der Waals surface area contributed by atoms with Gasteiger partial charge in [0, 0.05) is 11.1 Å². The van der Waals surface area contributed by atoms with Crippen molar-refractivity contribution in [3.8, 4) is 17.0 Å². The molecule has 0 bridgehead atoms. The van der Waals surface area contributed by atoms with Crippen LogP contribution in [-0.2, 0) is 5.41 Å². The molecule has 2 nitrogen and oxygen atoms in total. The lowest BCUT2D eigenvalue weighted by molar-refractivity contribution is -0.0688. The minimum atomic E-state index is -4.77. The molecule has 138 valence electrons. The lowest BCUT2D eigenvalue weighted by atomic mass is 9.84. The van der Waals surface area contributed by atoms with Gasteiger partial charge in [0.15, 0.2) is 0 Å². The molecule has 1 aromatic carbocycles. The Bertz CT molecular complexity index is 840.